The standard InChI is InChI=1S/C14H18N3.Y/c1-17-9-3-5-12(11-17)4-2-6-14-8-7-13(15)10-16-14;/h8,10,12H,3-5,9,11,15H2,1H3;/q-1;. The first-order chi connectivity index (χ1) is 8.24. The van der Waals surface area contributed by atoms with Crippen molar-refractivity contribution in [2.75, 3.05) is 25.9 Å². The molecule has 2 rings (SSSR count). The third-order valence-electron chi connectivity index (χ3n) is 3.05. The van der Waals surface area contributed by atoms with E-state index in [1.54, 1.807) is 12.3 Å². The Morgan fingerprint density at radius 2 is 2.44 bits per heavy atom. The zero-order valence-corrected chi connectivity index (χ0v) is 13.7. The summed E-state index contributed by atoms with van der Waals surface area (Å²) in [5.41, 5.74) is 6.83. The Morgan fingerprint density at radius 3 is 3.11 bits per heavy atom. The number of rotatable bonds is 1. The van der Waals surface area contributed by atoms with E-state index < -0.39 is 0 Å². The van der Waals surface area contributed by atoms with Crippen molar-refractivity contribution in [3.63, 3.8) is 0 Å². The number of likely N-dealkylation sites (tertiary alicyclic amines) is 1. The van der Waals surface area contributed by atoms with E-state index >= 15 is 0 Å². The number of pyridine rings is 1. The first-order valence-electron chi connectivity index (χ1n) is 6.04. The summed E-state index contributed by atoms with van der Waals surface area (Å²) in [5, 5.41) is 0. The summed E-state index contributed by atoms with van der Waals surface area (Å²) in [6, 6.07) is 4.65. The molecule has 0 amide bonds. The largest absolute Gasteiger partial charge is 0.418 e. The summed E-state index contributed by atoms with van der Waals surface area (Å²) in [6.45, 7) is 2.38. The van der Waals surface area contributed by atoms with Crippen LogP contribution in [0.5, 0.6) is 0 Å². The average Bonchev–Trinajstić information content (AvgIpc) is 2.32. The molecule has 4 heteroatoms. The van der Waals surface area contributed by atoms with Crippen molar-refractivity contribution in [2.24, 2.45) is 5.92 Å². The molecule has 0 bridgehead atoms. The van der Waals surface area contributed by atoms with Crippen molar-refractivity contribution in [1.29, 1.82) is 0 Å². The molecule has 18 heavy (non-hydrogen) atoms. The minimum atomic E-state index is 0. The molecule has 2 N–H and O–H groups in total. The second-order valence-corrected chi connectivity index (χ2v) is 4.66. The van der Waals surface area contributed by atoms with Gasteiger partial charge in [0, 0.05) is 45.7 Å². The molecule has 1 radical (unpaired) electrons. The van der Waals surface area contributed by atoms with Crippen LogP contribution in [0.25, 0.3) is 0 Å². The summed E-state index contributed by atoms with van der Waals surface area (Å²) in [7, 11) is 2.18. The SMILES string of the molecule is CN1CCCC(CC#Cc2c[c-]c(N)cn2)C1.[Y]. The Hall–Kier alpha value is -0.426. The Bertz CT molecular complexity index is 419. The molecule has 1 atom stereocenters. The third-order valence-corrected chi connectivity index (χ3v) is 3.05. The van der Waals surface area contributed by atoms with Crippen molar-refractivity contribution in [1.82, 2.24) is 9.88 Å². The van der Waals surface area contributed by atoms with Gasteiger partial charge in [0.05, 0.1) is 0 Å². The van der Waals surface area contributed by atoms with Crippen molar-refractivity contribution in [3.05, 3.63) is 24.0 Å². The Kier molecular flexibility index (Phi) is 6.85. The van der Waals surface area contributed by atoms with Crippen LogP contribution in [0.4, 0.5) is 5.69 Å². The second kappa shape index (κ2) is 7.89. The molecular weight excluding hydrogens is 299 g/mol. The van der Waals surface area contributed by atoms with Gasteiger partial charge < -0.3 is 15.6 Å². The zero-order chi connectivity index (χ0) is 12.1. The van der Waals surface area contributed by atoms with Crippen LogP contribution >= 0.6 is 0 Å². The monoisotopic (exact) mass is 317 g/mol. The van der Waals surface area contributed by atoms with Crippen LogP contribution in [0.2, 0.25) is 0 Å². The van der Waals surface area contributed by atoms with E-state index in [-0.39, 0.29) is 32.7 Å². The topological polar surface area (TPSA) is 42.1 Å². The fraction of sp³-hybridized carbons (Fsp3) is 0.500. The van der Waals surface area contributed by atoms with Gasteiger partial charge in [0.1, 0.15) is 0 Å². The van der Waals surface area contributed by atoms with E-state index in [0.29, 0.717) is 11.6 Å². The number of hydrogen-bond donors (Lipinski definition) is 1. The first-order valence-corrected chi connectivity index (χ1v) is 6.04. The number of nitrogen functional groups attached to an aromatic ring is 1. The van der Waals surface area contributed by atoms with Crippen LogP contribution in [0.15, 0.2) is 12.3 Å². The van der Waals surface area contributed by atoms with E-state index in [4.69, 9.17) is 5.73 Å². The first kappa shape index (κ1) is 15.6. The molecule has 2 heterocycles. The van der Waals surface area contributed by atoms with Crippen molar-refractivity contribution >= 4 is 5.69 Å². The predicted octanol–water partition coefficient (Wildman–Crippen LogP) is 1.54. The third kappa shape index (κ3) is 5.06. The summed E-state index contributed by atoms with van der Waals surface area (Å²) in [4.78, 5) is 6.52. The summed E-state index contributed by atoms with van der Waals surface area (Å²) < 4.78 is 0. The number of hydrogen-bond acceptors (Lipinski definition) is 3. The number of nitrogens with zero attached hydrogens (tertiary/aromatic N) is 2. The molecule has 0 aliphatic carbocycles. The Balaban J connectivity index is 0.00000162. The number of piperidine rings is 1. The molecule has 1 aromatic rings. The van der Waals surface area contributed by atoms with Gasteiger partial charge in [0.2, 0.25) is 0 Å². The van der Waals surface area contributed by atoms with Gasteiger partial charge in [-0.1, -0.05) is 11.9 Å². The van der Waals surface area contributed by atoms with E-state index in [0.717, 1.165) is 18.7 Å². The molecule has 1 unspecified atom stereocenters. The summed E-state index contributed by atoms with van der Waals surface area (Å²) in [6.07, 6.45) is 5.13. The Labute approximate surface area is 134 Å². The average molecular weight is 317 g/mol. The Morgan fingerprint density at radius 1 is 1.61 bits per heavy atom. The van der Waals surface area contributed by atoms with Gasteiger partial charge in [-0.3, -0.25) is 0 Å². The fourth-order valence-corrected chi connectivity index (χ4v) is 2.16. The van der Waals surface area contributed by atoms with Crippen molar-refractivity contribution in [3.8, 4) is 11.8 Å². The number of anilines is 1. The van der Waals surface area contributed by atoms with E-state index in [1.807, 2.05) is 0 Å². The van der Waals surface area contributed by atoms with Crippen LogP contribution < -0.4 is 5.73 Å². The summed E-state index contributed by atoms with van der Waals surface area (Å²) in [5.74, 6) is 6.99. The van der Waals surface area contributed by atoms with Crippen molar-refractivity contribution in [2.45, 2.75) is 19.3 Å². The second-order valence-electron chi connectivity index (χ2n) is 4.66. The van der Waals surface area contributed by atoms with Crippen LogP contribution in [0.1, 0.15) is 25.0 Å². The molecule has 1 aliphatic rings. The predicted molar refractivity (Wildman–Crippen MR) is 69.2 cm³/mol. The van der Waals surface area contributed by atoms with Gasteiger partial charge in [-0.2, -0.15) is 6.07 Å². The van der Waals surface area contributed by atoms with Gasteiger partial charge in [0.25, 0.3) is 0 Å². The smallest absolute Gasteiger partial charge is 0.0122 e. The normalized spacial score (nSPS) is 19.5. The molecule has 1 saturated heterocycles. The zero-order valence-electron chi connectivity index (χ0n) is 10.8. The minimum absolute atomic E-state index is 0. The van der Waals surface area contributed by atoms with Crippen LogP contribution in [0.3, 0.4) is 0 Å². The van der Waals surface area contributed by atoms with Gasteiger partial charge >= 0.3 is 0 Å². The van der Waals surface area contributed by atoms with Crippen molar-refractivity contribution < 1.29 is 32.7 Å². The van der Waals surface area contributed by atoms with Gasteiger partial charge in [-0.05, 0) is 38.0 Å². The van der Waals surface area contributed by atoms with Gasteiger partial charge in [-0.25, -0.2) is 0 Å². The molecule has 3 nitrogen and oxygen atoms in total. The minimum Gasteiger partial charge on any atom is -0.418 e. The van der Waals surface area contributed by atoms with E-state index in [2.05, 4.69) is 34.8 Å². The molecule has 0 aromatic carbocycles. The molecule has 1 aromatic heterocycles. The molecule has 1 fully saturated rings. The maximum absolute atomic E-state index is 5.52. The van der Waals surface area contributed by atoms with Gasteiger partial charge in [-0.15, -0.1) is 17.9 Å². The van der Waals surface area contributed by atoms with Gasteiger partial charge in [0.15, 0.2) is 0 Å². The van der Waals surface area contributed by atoms with E-state index in [9.17, 15) is 0 Å². The van der Waals surface area contributed by atoms with E-state index in [1.165, 1.54) is 19.4 Å². The summed E-state index contributed by atoms with van der Waals surface area (Å²) >= 11 is 0. The molecule has 1 aliphatic heterocycles. The quantitative estimate of drug-likeness (QED) is 0.631. The molecule has 0 spiro atoms. The molecule has 93 valence electrons. The fourth-order valence-electron chi connectivity index (χ4n) is 2.16. The van der Waals surface area contributed by atoms with Crippen LogP contribution in [-0.2, 0) is 32.7 Å². The maximum Gasteiger partial charge on any atom is 0.0122 e. The van der Waals surface area contributed by atoms with Crippen LogP contribution in [-0.4, -0.2) is 30.0 Å². The number of aromatic nitrogens is 1. The van der Waals surface area contributed by atoms with Crippen LogP contribution in [0, 0.1) is 23.8 Å². The molecular formula is C14H18N3Y-. The maximum atomic E-state index is 5.52. The number of nitrogens with two attached hydrogens (primary N) is 1. The molecule has 0 saturated carbocycles.